The first kappa shape index (κ1) is 17.8. The summed E-state index contributed by atoms with van der Waals surface area (Å²) in [4.78, 5) is 24.4. The molecule has 3 rings (SSSR count). The molecule has 1 aliphatic rings. The van der Waals surface area contributed by atoms with Gasteiger partial charge in [-0.3, -0.25) is 9.59 Å². The van der Waals surface area contributed by atoms with Crippen LogP contribution in [0.3, 0.4) is 0 Å². The fourth-order valence-corrected chi connectivity index (χ4v) is 3.22. The van der Waals surface area contributed by atoms with Gasteiger partial charge in [-0.05, 0) is 35.4 Å². The number of nitrogens with one attached hydrogen (secondary N) is 2. The highest BCUT2D eigenvalue weighted by Gasteiger charge is 2.36. The minimum Gasteiger partial charge on any atom is -0.355 e. The van der Waals surface area contributed by atoms with E-state index in [0.29, 0.717) is 16.6 Å². The fourth-order valence-electron chi connectivity index (χ4n) is 2.97. The van der Waals surface area contributed by atoms with Crippen molar-refractivity contribution in [2.45, 2.75) is 13.0 Å². The van der Waals surface area contributed by atoms with Crippen LogP contribution in [0.5, 0.6) is 0 Å². The van der Waals surface area contributed by atoms with Gasteiger partial charge in [0.2, 0.25) is 11.8 Å². The van der Waals surface area contributed by atoms with E-state index in [1.165, 1.54) is 0 Å². The molecule has 1 heterocycles. The molecule has 2 aromatic carbocycles. The van der Waals surface area contributed by atoms with Gasteiger partial charge >= 0.3 is 0 Å². The van der Waals surface area contributed by atoms with Gasteiger partial charge in [0.25, 0.3) is 0 Å². The smallest absolute Gasteiger partial charge is 0.226 e. The van der Waals surface area contributed by atoms with Crippen LogP contribution in [0, 0.1) is 11.8 Å². The molecule has 0 aromatic heterocycles. The number of rotatable bonds is 4. The Hall–Kier alpha value is -2.04. The molecule has 4 nitrogen and oxygen atoms in total. The molecule has 0 unspecified atom stereocenters. The zero-order chi connectivity index (χ0) is 18.0. The Labute approximate surface area is 156 Å². The lowest BCUT2D eigenvalue weighted by molar-refractivity contribution is -0.129. The van der Waals surface area contributed by atoms with Crippen LogP contribution in [-0.2, 0) is 9.59 Å². The van der Waals surface area contributed by atoms with E-state index in [4.69, 9.17) is 23.2 Å². The number of carbonyl (C=O) groups excluding carboxylic acids is 2. The second-order valence-electron chi connectivity index (χ2n) is 6.19. The first-order valence-corrected chi connectivity index (χ1v) is 8.80. The van der Waals surface area contributed by atoms with Crippen LogP contribution in [0.2, 0.25) is 10.0 Å². The number of carbonyl (C=O) groups is 2. The van der Waals surface area contributed by atoms with Crippen molar-refractivity contribution >= 4 is 35.0 Å². The van der Waals surface area contributed by atoms with Crippen LogP contribution in [-0.4, -0.2) is 18.4 Å². The molecule has 130 valence electrons. The van der Waals surface area contributed by atoms with Gasteiger partial charge in [0.15, 0.2) is 0 Å². The molecule has 1 aliphatic heterocycles. The minimum absolute atomic E-state index is 0.0883. The first-order chi connectivity index (χ1) is 12.0. The monoisotopic (exact) mass is 376 g/mol. The summed E-state index contributed by atoms with van der Waals surface area (Å²) in [5.74, 6) is -0.957. The molecular formula is C19H18Cl2N2O2. The predicted octanol–water partition coefficient (Wildman–Crippen LogP) is 3.58. The molecule has 2 aromatic rings. The van der Waals surface area contributed by atoms with Gasteiger partial charge in [-0.15, -0.1) is 0 Å². The van der Waals surface area contributed by atoms with E-state index in [9.17, 15) is 9.59 Å². The predicted molar refractivity (Wildman–Crippen MR) is 98.6 cm³/mol. The third-order valence-electron chi connectivity index (χ3n) is 4.54. The third-order valence-corrected chi connectivity index (χ3v) is 5.05. The maximum absolute atomic E-state index is 12.7. The third kappa shape index (κ3) is 3.97. The Kier molecular flexibility index (Phi) is 5.30. The molecule has 2 amide bonds. The second kappa shape index (κ2) is 7.46. The lowest BCUT2D eigenvalue weighted by atomic mass is 9.94. The van der Waals surface area contributed by atoms with E-state index in [2.05, 4.69) is 10.6 Å². The molecule has 0 aliphatic carbocycles. The standard InChI is InChI=1S/C19H18Cl2N2O2/c1-11-16(10-22-18(11)24)19(25)23-17(12-2-6-14(20)7-3-12)13-4-8-15(21)9-5-13/h2-9,11,16-17H,10H2,1H3,(H,22,24)(H,23,25)/t11-,16-/m1/s1. The Morgan fingerprint density at radius 2 is 1.52 bits per heavy atom. The van der Waals surface area contributed by atoms with Crippen molar-refractivity contribution < 1.29 is 9.59 Å². The van der Waals surface area contributed by atoms with Crippen LogP contribution < -0.4 is 10.6 Å². The highest BCUT2D eigenvalue weighted by atomic mass is 35.5. The number of halogens is 2. The molecule has 0 spiro atoms. The Morgan fingerprint density at radius 1 is 1.04 bits per heavy atom. The Morgan fingerprint density at radius 3 is 1.92 bits per heavy atom. The zero-order valence-electron chi connectivity index (χ0n) is 13.6. The molecular weight excluding hydrogens is 359 g/mol. The van der Waals surface area contributed by atoms with E-state index < -0.39 is 0 Å². The van der Waals surface area contributed by atoms with E-state index in [1.54, 1.807) is 31.2 Å². The summed E-state index contributed by atoms with van der Waals surface area (Å²) >= 11 is 12.0. The lowest BCUT2D eigenvalue weighted by Crippen LogP contribution is -2.37. The Balaban J connectivity index is 1.88. The summed E-state index contributed by atoms with van der Waals surface area (Å²) in [6.07, 6.45) is 0. The summed E-state index contributed by atoms with van der Waals surface area (Å²) in [5.41, 5.74) is 1.81. The van der Waals surface area contributed by atoms with Gasteiger partial charge in [-0.1, -0.05) is 54.4 Å². The molecule has 1 fully saturated rings. The molecule has 1 saturated heterocycles. The average Bonchev–Trinajstić information content (AvgIpc) is 2.94. The molecule has 25 heavy (non-hydrogen) atoms. The van der Waals surface area contributed by atoms with Crippen molar-refractivity contribution in [3.8, 4) is 0 Å². The highest BCUT2D eigenvalue weighted by Crippen LogP contribution is 2.26. The summed E-state index contributed by atoms with van der Waals surface area (Å²) in [5, 5.41) is 7.06. The van der Waals surface area contributed by atoms with E-state index in [1.807, 2.05) is 24.3 Å². The molecule has 0 radical (unpaired) electrons. The van der Waals surface area contributed by atoms with Gasteiger partial charge in [-0.25, -0.2) is 0 Å². The number of hydrogen-bond acceptors (Lipinski definition) is 2. The van der Waals surface area contributed by atoms with Crippen molar-refractivity contribution in [3.05, 3.63) is 69.7 Å². The normalized spacial score (nSPS) is 19.8. The van der Waals surface area contributed by atoms with Crippen molar-refractivity contribution in [2.24, 2.45) is 11.8 Å². The van der Waals surface area contributed by atoms with Crippen LogP contribution in [0.25, 0.3) is 0 Å². The van der Waals surface area contributed by atoms with Crippen molar-refractivity contribution in [3.63, 3.8) is 0 Å². The number of benzene rings is 2. The van der Waals surface area contributed by atoms with Gasteiger partial charge in [-0.2, -0.15) is 0 Å². The minimum atomic E-state index is -0.380. The molecule has 2 atom stereocenters. The fraction of sp³-hybridized carbons (Fsp3) is 0.263. The van der Waals surface area contributed by atoms with Gasteiger partial charge in [0.05, 0.1) is 12.0 Å². The van der Waals surface area contributed by atoms with Crippen molar-refractivity contribution in [1.29, 1.82) is 0 Å². The van der Waals surface area contributed by atoms with Crippen molar-refractivity contribution in [2.75, 3.05) is 6.54 Å². The van der Waals surface area contributed by atoms with Gasteiger partial charge in [0, 0.05) is 22.5 Å². The summed E-state index contributed by atoms with van der Waals surface area (Å²) < 4.78 is 0. The van der Waals surface area contributed by atoms with Gasteiger partial charge in [0.1, 0.15) is 0 Å². The largest absolute Gasteiger partial charge is 0.355 e. The quantitative estimate of drug-likeness (QED) is 0.856. The van der Waals surface area contributed by atoms with Crippen LogP contribution in [0.1, 0.15) is 24.1 Å². The SMILES string of the molecule is C[C@H]1C(=O)NC[C@H]1C(=O)NC(c1ccc(Cl)cc1)c1ccc(Cl)cc1. The van der Waals surface area contributed by atoms with E-state index in [-0.39, 0.29) is 29.7 Å². The van der Waals surface area contributed by atoms with Gasteiger partial charge < -0.3 is 10.6 Å². The maximum atomic E-state index is 12.7. The lowest BCUT2D eigenvalue weighted by Gasteiger charge is -2.23. The summed E-state index contributed by atoms with van der Waals surface area (Å²) in [7, 11) is 0. The van der Waals surface area contributed by atoms with Crippen LogP contribution in [0.4, 0.5) is 0 Å². The first-order valence-electron chi connectivity index (χ1n) is 8.04. The van der Waals surface area contributed by atoms with Crippen LogP contribution >= 0.6 is 23.2 Å². The molecule has 0 bridgehead atoms. The number of amides is 2. The average molecular weight is 377 g/mol. The second-order valence-corrected chi connectivity index (χ2v) is 7.06. The zero-order valence-corrected chi connectivity index (χ0v) is 15.1. The van der Waals surface area contributed by atoms with Crippen molar-refractivity contribution in [1.82, 2.24) is 10.6 Å². The Bertz CT molecular complexity index is 730. The summed E-state index contributed by atoms with van der Waals surface area (Å²) in [6.45, 7) is 2.13. The molecule has 2 N–H and O–H groups in total. The molecule has 0 saturated carbocycles. The maximum Gasteiger partial charge on any atom is 0.226 e. The van der Waals surface area contributed by atoms with E-state index >= 15 is 0 Å². The summed E-state index contributed by atoms with van der Waals surface area (Å²) in [6, 6.07) is 14.3. The van der Waals surface area contributed by atoms with Crippen LogP contribution in [0.15, 0.2) is 48.5 Å². The molecule has 6 heteroatoms. The number of hydrogen-bond donors (Lipinski definition) is 2. The highest BCUT2D eigenvalue weighted by molar-refractivity contribution is 6.30. The van der Waals surface area contributed by atoms with E-state index in [0.717, 1.165) is 11.1 Å². The topological polar surface area (TPSA) is 58.2 Å².